The second kappa shape index (κ2) is 6.51. The summed E-state index contributed by atoms with van der Waals surface area (Å²) in [6.45, 7) is 3.78. The number of methoxy groups -OCH3 is 1. The standard InChI is InChI=1S/C7H17O5P/c1-4-11-13(9,12-5-2)7(8)6-10-3/h7-8H,4-6H2,1-3H3/t7-/m0/s1. The fourth-order valence-electron chi connectivity index (χ4n) is 0.810. The Morgan fingerprint density at radius 3 is 2.08 bits per heavy atom. The molecule has 1 atom stereocenters. The molecule has 0 bridgehead atoms. The van der Waals surface area contributed by atoms with Crippen LogP contribution in [0.2, 0.25) is 0 Å². The van der Waals surface area contributed by atoms with Gasteiger partial charge in [-0.3, -0.25) is 4.57 Å². The number of ether oxygens (including phenoxy) is 1. The molecule has 0 aromatic heterocycles. The molecule has 0 rings (SSSR count). The van der Waals surface area contributed by atoms with E-state index in [0.717, 1.165) is 0 Å². The van der Waals surface area contributed by atoms with Gasteiger partial charge in [-0.05, 0) is 13.8 Å². The predicted molar refractivity (Wildman–Crippen MR) is 48.7 cm³/mol. The van der Waals surface area contributed by atoms with E-state index >= 15 is 0 Å². The highest BCUT2D eigenvalue weighted by Gasteiger charge is 2.33. The van der Waals surface area contributed by atoms with E-state index < -0.39 is 13.4 Å². The summed E-state index contributed by atoms with van der Waals surface area (Å²) in [5.41, 5.74) is 0. The van der Waals surface area contributed by atoms with Gasteiger partial charge >= 0.3 is 7.60 Å². The molecular formula is C7H17O5P. The van der Waals surface area contributed by atoms with E-state index in [4.69, 9.17) is 9.05 Å². The van der Waals surface area contributed by atoms with Gasteiger partial charge in [-0.15, -0.1) is 0 Å². The first-order chi connectivity index (χ1) is 6.10. The summed E-state index contributed by atoms with van der Waals surface area (Å²) in [5.74, 6) is -1.21. The highest BCUT2D eigenvalue weighted by atomic mass is 31.2. The van der Waals surface area contributed by atoms with Crippen molar-refractivity contribution in [3.05, 3.63) is 0 Å². The molecule has 0 unspecified atom stereocenters. The first kappa shape index (κ1) is 13.1. The lowest BCUT2D eigenvalue weighted by Gasteiger charge is -2.21. The van der Waals surface area contributed by atoms with Crippen molar-refractivity contribution >= 4 is 7.60 Å². The predicted octanol–water partition coefficient (Wildman–Crippen LogP) is 1.22. The van der Waals surface area contributed by atoms with Crippen LogP contribution in [0.1, 0.15) is 13.8 Å². The second-order valence-corrected chi connectivity index (χ2v) is 4.50. The van der Waals surface area contributed by atoms with Gasteiger partial charge in [-0.2, -0.15) is 0 Å². The zero-order valence-corrected chi connectivity index (χ0v) is 9.12. The van der Waals surface area contributed by atoms with Crippen molar-refractivity contribution in [3.8, 4) is 0 Å². The van der Waals surface area contributed by atoms with E-state index in [-0.39, 0.29) is 19.8 Å². The number of aliphatic hydroxyl groups is 1. The molecular weight excluding hydrogens is 195 g/mol. The lowest BCUT2D eigenvalue weighted by Crippen LogP contribution is -2.18. The molecule has 0 aliphatic rings. The SMILES string of the molecule is CCOP(=O)(OCC)[C@H](O)COC. The largest absolute Gasteiger partial charge is 0.381 e. The molecule has 0 amide bonds. The molecule has 0 aromatic carbocycles. The van der Waals surface area contributed by atoms with Gasteiger partial charge in [0.25, 0.3) is 0 Å². The van der Waals surface area contributed by atoms with Crippen LogP contribution in [0.15, 0.2) is 0 Å². The Labute approximate surface area is 78.5 Å². The van der Waals surface area contributed by atoms with Crippen LogP contribution in [-0.2, 0) is 18.3 Å². The summed E-state index contributed by atoms with van der Waals surface area (Å²) < 4.78 is 26.2. The van der Waals surface area contributed by atoms with Crippen molar-refractivity contribution < 1.29 is 23.5 Å². The Morgan fingerprint density at radius 2 is 1.77 bits per heavy atom. The van der Waals surface area contributed by atoms with Crippen molar-refractivity contribution in [2.75, 3.05) is 26.9 Å². The van der Waals surface area contributed by atoms with Crippen LogP contribution in [0.5, 0.6) is 0 Å². The quantitative estimate of drug-likeness (QED) is 0.642. The molecule has 6 heteroatoms. The van der Waals surface area contributed by atoms with Crippen LogP contribution in [0.25, 0.3) is 0 Å². The molecule has 0 aliphatic carbocycles. The van der Waals surface area contributed by atoms with Gasteiger partial charge in [0, 0.05) is 7.11 Å². The Kier molecular flexibility index (Phi) is 6.55. The van der Waals surface area contributed by atoms with Gasteiger partial charge in [-0.1, -0.05) is 0 Å². The molecule has 1 N–H and O–H groups in total. The summed E-state index contributed by atoms with van der Waals surface area (Å²) in [6, 6.07) is 0. The number of rotatable bonds is 7. The van der Waals surface area contributed by atoms with E-state index in [1.165, 1.54) is 7.11 Å². The Balaban J connectivity index is 4.28. The zero-order chi connectivity index (χ0) is 10.3. The molecule has 0 spiro atoms. The molecule has 0 saturated carbocycles. The van der Waals surface area contributed by atoms with Crippen molar-refractivity contribution in [1.29, 1.82) is 0 Å². The van der Waals surface area contributed by atoms with Gasteiger partial charge in [0.15, 0.2) is 5.85 Å². The highest BCUT2D eigenvalue weighted by Crippen LogP contribution is 2.51. The molecule has 0 aliphatic heterocycles. The monoisotopic (exact) mass is 212 g/mol. The van der Waals surface area contributed by atoms with Crippen LogP contribution in [-0.4, -0.2) is 37.9 Å². The molecule has 5 nitrogen and oxygen atoms in total. The molecule has 0 aromatic rings. The molecule has 13 heavy (non-hydrogen) atoms. The highest BCUT2D eigenvalue weighted by molar-refractivity contribution is 7.54. The van der Waals surface area contributed by atoms with E-state index in [2.05, 4.69) is 4.74 Å². The van der Waals surface area contributed by atoms with Crippen LogP contribution >= 0.6 is 7.60 Å². The molecule has 80 valence electrons. The van der Waals surface area contributed by atoms with Gasteiger partial charge in [0.2, 0.25) is 0 Å². The average Bonchev–Trinajstić information content (AvgIpc) is 2.05. The summed E-state index contributed by atoms with van der Waals surface area (Å²) in [6.07, 6.45) is 0. The first-order valence-corrected chi connectivity index (χ1v) is 5.77. The summed E-state index contributed by atoms with van der Waals surface area (Å²) >= 11 is 0. The number of hydrogen-bond acceptors (Lipinski definition) is 5. The topological polar surface area (TPSA) is 65.0 Å². The second-order valence-electron chi connectivity index (χ2n) is 2.31. The van der Waals surface area contributed by atoms with Gasteiger partial charge in [0.1, 0.15) is 0 Å². The molecule has 0 fully saturated rings. The van der Waals surface area contributed by atoms with E-state index in [1.54, 1.807) is 13.8 Å². The van der Waals surface area contributed by atoms with Crippen molar-refractivity contribution in [2.24, 2.45) is 0 Å². The average molecular weight is 212 g/mol. The van der Waals surface area contributed by atoms with Crippen molar-refractivity contribution in [3.63, 3.8) is 0 Å². The van der Waals surface area contributed by atoms with Crippen LogP contribution < -0.4 is 0 Å². The maximum Gasteiger partial charge on any atom is 0.361 e. The van der Waals surface area contributed by atoms with Crippen molar-refractivity contribution in [1.82, 2.24) is 0 Å². The minimum absolute atomic E-state index is 0.0583. The smallest absolute Gasteiger partial charge is 0.361 e. The summed E-state index contributed by atoms with van der Waals surface area (Å²) in [5, 5.41) is 9.39. The Hall–Kier alpha value is 0.0700. The minimum Gasteiger partial charge on any atom is -0.381 e. The van der Waals surface area contributed by atoms with Crippen LogP contribution in [0, 0.1) is 0 Å². The maximum atomic E-state index is 11.7. The summed E-state index contributed by atoms with van der Waals surface area (Å²) in [7, 11) is -1.99. The lowest BCUT2D eigenvalue weighted by atomic mass is 10.8. The zero-order valence-electron chi connectivity index (χ0n) is 8.23. The summed E-state index contributed by atoms with van der Waals surface area (Å²) in [4.78, 5) is 0. The van der Waals surface area contributed by atoms with Crippen molar-refractivity contribution in [2.45, 2.75) is 19.7 Å². The van der Waals surface area contributed by atoms with E-state index in [9.17, 15) is 9.67 Å². The van der Waals surface area contributed by atoms with Gasteiger partial charge in [0.05, 0.1) is 19.8 Å². The number of hydrogen-bond donors (Lipinski definition) is 1. The fourth-order valence-corrected chi connectivity index (χ4v) is 2.28. The van der Waals surface area contributed by atoms with E-state index in [0.29, 0.717) is 0 Å². The Morgan fingerprint density at radius 1 is 1.31 bits per heavy atom. The minimum atomic E-state index is -3.40. The Bertz CT molecular complexity index is 162. The van der Waals surface area contributed by atoms with E-state index in [1.807, 2.05) is 0 Å². The first-order valence-electron chi connectivity index (χ1n) is 4.16. The maximum absolute atomic E-state index is 11.7. The normalized spacial score (nSPS) is 14.5. The van der Waals surface area contributed by atoms with Gasteiger partial charge < -0.3 is 18.9 Å². The molecule has 0 radical (unpaired) electrons. The third kappa shape index (κ3) is 4.20. The molecule has 0 heterocycles. The third-order valence-corrected chi connectivity index (χ3v) is 3.41. The number of aliphatic hydroxyl groups excluding tert-OH is 1. The van der Waals surface area contributed by atoms with Crippen LogP contribution in [0.4, 0.5) is 0 Å². The van der Waals surface area contributed by atoms with Crippen LogP contribution in [0.3, 0.4) is 0 Å². The molecule has 0 saturated heterocycles. The lowest BCUT2D eigenvalue weighted by molar-refractivity contribution is 0.0782. The fraction of sp³-hybridized carbons (Fsp3) is 1.00. The third-order valence-electron chi connectivity index (χ3n) is 1.30. The van der Waals surface area contributed by atoms with Gasteiger partial charge in [-0.25, -0.2) is 0 Å².